The zero-order valence-corrected chi connectivity index (χ0v) is 8.05. The third-order valence-electron chi connectivity index (χ3n) is 1.78. The fraction of sp³-hybridized carbons (Fsp3) is 0.333. The number of methoxy groups -OCH3 is 1. The number of ether oxygens (including phenoxy) is 1. The van der Waals surface area contributed by atoms with Crippen LogP contribution in [0.2, 0.25) is 0 Å². The molecule has 0 spiro atoms. The van der Waals surface area contributed by atoms with Gasteiger partial charge in [-0.3, -0.25) is 0 Å². The van der Waals surface area contributed by atoms with Crippen LogP contribution in [0.5, 0.6) is 0 Å². The number of hydrogen-bond donors (Lipinski definition) is 0. The lowest BCUT2D eigenvalue weighted by atomic mass is 10.1. The maximum Gasteiger partial charge on any atom is 0.417 e. The van der Waals surface area contributed by atoms with Gasteiger partial charge in [-0.05, 0) is 18.6 Å². The SMILES string of the molecule is COC(=O)c1ncc(C(F)(F)F)cc1C. The maximum atomic E-state index is 12.2. The molecule has 0 radical (unpaired) electrons. The fourth-order valence-electron chi connectivity index (χ4n) is 1.04. The number of pyridine rings is 1. The Labute approximate surface area is 83.9 Å². The van der Waals surface area contributed by atoms with Crippen molar-refractivity contribution in [1.82, 2.24) is 4.98 Å². The molecule has 6 heteroatoms. The van der Waals surface area contributed by atoms with Crippen molar-refractivity contribution in [3.8, 4) is 0 Å². The molecule has 82 valence electrons. The molecule has 0 saturated heterocycles. The number of hydrogen-bond acceptors (Lipinski definition) is 3. The van der Waals surface area contributed by atoms with Gasteiger partial charge in [-0.25, -0.2) is 9.78 Å². The summed E-state index contributed by atoms with van der Waals surface area (Å²) in [6, 6.07) is 0.860. The standard InChI is InChI=1S/C9H8F3NO2/c1-5-3-6(9(10,11)12)4-13-7(5)8(14)15-2/h3-4H,1-2H3. The van der Waals surface area contributed by atoms with Gasteiger partial charge in [0.25, 0.3) is 0 Å². The van der Waals surface area contributed by atoms with Gasteiger partial charge in [-0.1, -0.05) is 0 Å². The first-order chi connectivity index (χ1) is 6.86. The van der Waals surface area contributed by atoms with Crippen LogP contribution in [0.25, 0.3) is 0 Å². The molecule has 0 aliphatic carbocycles. The van der Waals surface area contributed by atoms with E-state index in [1.807, 2.05) is 0 Å². The Bertz CT molecular complexity index is 387. The summed E-state index contributed by atoms with van der Waals surface area (Å²) in [5.41, 5.74) is -0.852. The van der Waals surface area contributed by atoms with Crippen LogP contribution >= 0.6 is 0 Å². The smallest absolute Gasteiger partial charge is 0.417 e. The second kappa shape index (κ2) is 3.88. The summed E-state index contributed by atoms with van der Waals surface area (Å²) in [5.74, 6) is -0.749. The van der Waals surface area contributed by atoms with Gasteiger partial charge in [-0.2, -0.15) is 13.2 Å². The molecule has 3 nitrogen and oxygen atoms in total. The molecule has 15 heavy (non-hydrogen) atoms. The number of rotatable bonds is 1. The van der Waals surface area contributed by atoms with Crippen molar-refractivity contribution in [2.75, 3.05) is 7.11 Å². The molecule has 1 heterocycles. The zero-order valence-electron chi connectivity index (χ0n) is 8.05. The molecule has 0 saturated carbocycles. The van der Waals surface area contributed by atoms with Gasteiger partial charge in [0.1, 0.15) is 0 Å². The quantitative estimate of drug-likeness (QED) is 0.679. The summed E-state index contributed by atoms with van der Waals surface area (Å²) in [4.78, 5) is 14.5. The molecule has 0 bridgehead atoms. The third-order valence-corrected chi connectivity index (χ3v) is 1.78. The Morgan fingerprint density at radius 3 is 2.47 bits per heavy atom. The monoisotopic (exact) mass is 219 g/mol. The first-order valence-electron chi connectivity index (χ1n) is 3.98. The van der Waals surface area contributed by atoms with Crippen molar-refractivity contribution < 1.29 is 22.7 Å². The van der Waals surface area contributed by atoms with E-state index in [0.29, 0.717) is 6.20 Å². The topological polar surface area (TPSA) is 39.2 Å². The van der Waals surface area contributed by atoms with E-state index in [-0.39, 0.29) is 11.3 Å². The van der Waals surface area contributed by atoms with Crippen LogP contribution in [-0.2, 0) is 10.9 Å². The van der Waals surface area contributed by atoms with Gasteiger partial charge in [0, 0.05) is 6.20 Å². The molecule has 0 aliphatic heterocycles. The first kappa shape index (κ1) is 11.5. The van der Waals surface area contributed by atoms with Gasteiger partial charge in [0.2, 0.25) is 0 Å². The number of halogens is 3. The van der Waals surface area contributed by atoms with E-state index in [0.717, 1.165) is 13.2 Å². The summed E-state index contributed by atoms with van der Waals surface area (Å²) in [5, 5.41) is 0. The van der Waals surface area contributed by atoms with E-state index in [2.05, 4.69) is 9.72 Å². The summed E-state index contributed by atoms with van der Waals surface area (Å²) in [6.45, 7) is 1.37. The predicted molar refractivity (Wildman–Crippen MR) is 45.3 cm³/mol. The van der Waals surface area contributed by atoms with Crippen molar-refractivity contribution >= 4 is 5.97 Å². The summed E-state index contributed by atoms with van der Waals surface area (Å²) >= 11 is 0. The Morgan fingerprint density at radius 2 is 2.07 bits per heavy atom. The molecule has 0 amide bonds. The minimum atomic E-state index is -4.45. The van der Waals surface area contributed by atoms with Crippen LogP contribution in [0.15, 0.2) is 12.3 Å². The Balaban J connectivity index is 3.15. The highest BCUT2D eigenvalue weighted by atomic mass is 19.4. The molecule has 1 aromatic rings. The molecule has 0 N–H and O–H groups in total. The molecule has 0 unspecified atom stereocenters. The van der Waals surface area contributed by atoms with Crippen molar-refractivity contribution in [3.05, 3.63) is 29.1 Å². The predicted octanol–water partition coefficient (Wildman–Crippen LogP) is 2.20. The Morgan fingerprint density at radius 1 is 1.47 bits per heavy atom. The van der Waals surface area contributed by atoms with E-state index in [1.165, 1.54) is 6.92 Å². The highest BCUT2D eigenvalue weighted by Gasteiger charge is 2.31. The Kier molecular flexibility index (Phi) is 2.97. The zero-order chi connectivity index (χ0) is 11.6. The van der Waals surface area contributed by atoms with Crippen LogP contribution in [0.1, 0.15) is 21.6 Å². The molecular weight excluding hydrogens is 211 g/mol. The van der Waals surface area contributed by atoms with Crippen LogP contribution in [-0.4, -0.2) is 18.1 Å². The van der Waals surface area contributed by atoms with Crippen LogP contribution in [0, 0.1) is 6.92 Å². The van der Waals surface area contributed by atoms with Crippen LogP contribution in [0.3, 0.4) is 0 Å². The molecule has 0 fully saturated rings. The van der Waals surface area contributed by atoms with Crippen molar-refractivity contribution in [3.63, 3.8) is 0 Å². The third kappa shape index (κ3) is 2.45. The van der Waals surface area contributed by atoms with Crippen molar-refractivity contribution in [1.29, 1.82) is 0 Å². The number of aromatic nitrogens is 1. The van der Waals surface area contributed by atoms with E-state index in [1.54, 1.807) is 0 Å². The molecular formula is C9H8F3NO2. The molecule has 1 rings (SSSR count). The van der Waals surface area contributed by atoms with Crippen molar-refractivity contribution in [2.24, 2.45) is 0 Å². The first-order valence-corrected chi connectivity index (χ1v) is 3.98. The number of nitrogens with zero attached hydrogens (tertiary/aromatic N) is 1. The highest BCUT2D eigenvalue weighted by molar-refractivity contribution is 5.88. The average molecular weight is 219 g/mol. The average Bonchev–Trinajstić information content (AvgIpc) is 2.15. The normalized spacial score (nSPS) is 11.3. The van der Waals surface area contributed by atoms with Crippen LogP contribution in [0.4, 0.5) is 13.2 Å². The number of alkyl halides is 3. The lowest BCUT2D eigenvalue weighted by Crippen LogP contribution is -2.11. The number of carbonyl (C=O) groups is 1. The Hall–Kier alpha value is -1.59. The summed E-state index contributed by atoms with van der Waals surface area (Å²) < 4.78 is 41.0. The van der Waals surface area contributed by atoms with E-state index >= 15 is 0 Å². The maximum absolute atomic E-state index is 12.2. The van der Waals surface area contributed by atoms with E-state index in [9.17, 15) is 18.0 Å². The highest BCUT2D eigenvalue weighted by Crippen LogP contribution is 2.29. The lowest BCUT2D eigenvalue weighted by molar-refractivity contribution is -0.137. The molecule has 0 aromatic carbocycles. The second-order valence-corrected chi connectivity index (χ2v) is 2.88. The minimum absolute atomic E-state index is 0.106. The summed E-state index contributed by atoms with van der Waals surface area (Å²) in [6.07, 6.45) is -3.84. The number of aryl methyl sites for hydroxylation is 1. The van der Waals surface area contributed by atoms with Crippen LogP contribution < -0.4 is 0 Å². The van der Waals surface area contributed by atoms with Crippen molar-refractivity contribution in [2.45, 2.75) is 13.1 Å². The molecule has 1 aromatic heterocycles. The van der Waals surface area contributed by atoms with Gasteiger partial charge in [0.15, 0.2) is 5.69 Å². The van der Waals surface area contributed by atoms with Gasteiger partial charge in [-0.15, -0.1) is 0 Å². The number of carbonyl (C=O) groups excluding carboxylic acids is 1. The van der Waals surface area contributed by atoms with E-state index < -0.39 is 17.7 Å². The lowest BCUT2D eigenvalue weighted by Gasteiger charge is -2.08. The van der Waals surface area contributed by atoms with Gasteiger partial charge < -0.3 is 4.74 Å². The number of esters is 1. The fourth-order valence-corrected chi connectivity index (χ4v) is 1.04. The molecule has 0 aliphatic rings. The second-order valence-electron chi connectivity index (χ2n) is 2.88. The van der Waals surface area contributed by atoms with Gasteiger partial charge in [0.05, 0.1) is 12.7 Å². The van der Waals surface area contributed by atoms with Gasteiger partial charge >= 0.3 is 12.1 Å². The van der Waals surface area contributed by atoms with E-state index in [4.69, 9.17) is 0 Å². The molecule has 0 atom stereocenters. The largest absolute Gasteiger partial charge is 0.464 e. The minimum Gasteiger partial charge on any atom is -0.464 e. The summed E-state index contributed by atoms with van der Waals surface area (Å²) in [7, 11) is 1.14.